The van der Waals surface area contributed by atoms with Gasteiger partial charge in [-0.2, -0.15) is 0 Å². The fourth-order valence-corrected chi connectivity index (χ4v) is 2.02. The Hall–Kier alpha value is -1.13. The van der Waals surface area contributed by atoms with Gasteiger partial charge in [0.05, 0.1) is 13.7 Å². The molecule has 3 nitrogen and oxygen atoms in total. The Morgan fingerprint density at radius 2 is 2.31 bits per heavy atom. The van der Waals surface area contributed by atoms with Crippen LogP contribution >= 0.6 is 0 Å². The molecule has 4 heteroatoms. The van der Waals surface area contributed by atoms with E-state index in [-0.39, 0.29) is 17.9 Å². The summed E-state index contributed by atoms with van der Waals surface area (Å²) >= 11 is 0. The standard InChI is InChI=1S/C12H15FO3/c1-15-10-5-2-4-9(11(10)13)12(14)6-3-7-16-8-12/h2,4-5,14H,3,6-8H2,1H3. The summed E-state index contributed by atoms with van der Waals surface area (Å²) in [6, 6.07) is 4.78. The Labute approximate surface area is 93.8 Å². The number of hydrogen-bond donors (Lipinski definition) is 1. The van der Waals surface area contributed by atoms with E-state index >= 15 is 0 Å². The summed E-state index contributed by atoms with van der Waals surface area (Å²) in [5.41, 5.74) is -0.969. The van der Waals surface area contributed by atoms with Crippen molar-refractivity contribution in [3.63, 3.8) is 0 Å². The normalized spacial score (nSPS) is 25.4. The van der Waals surface area contributed by atoms with E-state index in [9.17, 15) is 9.50 Å². The summed E-state index contributed by atoms with van der Waals surface area (Å²) in [6.45, 7) is 0.755. The lowest BCUT2D eigenvalue weighted by molar-refractivity contribution is -0.0922. The Morgan fingerprint density at radius 1 is 1.50 bits per heavy atom. The molecule has 1 saturated heterocycles. The Bertz CT molecular complexity index is 373. The zero-order chi connectivity index (χ0) is 11.6. The number of halogens is 1. The van der Waals surface area contributed by atoms with Crippen molar-refractivity contribution < 1.29 is 19.0 Å². The van der Waals surface area contributed by atoms with E-state index in [0.717, 1.165) is 6.42 Å². The van der Waals surface area contributed by atoms with Crippen molar-refractivity contribution in [2.24, 2.45) is 0 Å². The van der Waals surface area contributed by atoms with E-state index in [1.807, 2.05) is 0 Å². The molecule has 0 saturated carbocycles. The monoisotopic (exact) mass is 226 g/mol. The van der Waals surface area contributed by atoms with Crippen molar-refractivity contribution in [2.75, 3.05) is 20.3 Å². The molecule has 1 aromatic rings. The molecular formula is C12H15FO3. The molecule has 1 aliphatic heterocycles. The van der Waals surface area contributed by atoms with Crippen LogP contribution in [0.25, 0.3) is 0 Å². The van der Waals surface area contributed by atoms with Gasteiger partial charge in [-0.15, -0.1) is 0 Å². The summed E-state index contributed by atoms with van der Waals surface area (Å²) in [5.74, 6) is -0.352. The first kappa shape index (κ1) is 11.4. The maximum Gasteiger partial charge on any atom is 0.171 e. The van der Waals surface area contributed by atoms with E-state index in [0.29, 0.717) is 13.0 Å². The number of ether oxygens (including phenoxy) is 2. The van der Waals surface area contributed by atoms with Gasteiger partial charge in [0.1, 0.15) is 5.60 Å². The molecule has 0 radical (unpaired) electrons. The molecule has 1 unspecified atom stereocenters. The molecule has 2 rings (SSSR count). The van der Waals surface area contributed by atoms with Crippen LogP contribution in [0.4, 0.5) is 4.39 Å². The second-order valence-corrected chi connectivity index (χ2v) is 4.01. The van der Waals surface area contributed by atoms with Gasteiger partial charge in [0, 0.05) is 12.2 Å². The van der Waals surface area contributed by atoms with E-state index in [1.165, 1.54) is 13.2 Å². The fourth-order valence-electron chi connectivity index (χ4n) is 2.02. The van der Waals surface area contributed by atoms with Crippen LogP contribution in [-0.4, -0.2) is 25.4 Å². The van der Waals surface area contributed by atoms with Crippen molar-refractivity contribution >= 4 is 0 Å². The van der Waals surface area contributed by atoms with Crippen molar-refractivity contribution in [2.45, 2.75) is 18.4 Å². The third-order valence-corrected chi connectivity index (χ3v) is 2.90. The summed E-state index contributed by atoms with van der Waals surface area (Å²) in [5, 5.41) is 10.3. The minimum Gasteiger partial charge on any atom is -0.494 e. The summed E-state index contributed by atoms with van der Waals surface area (Å²) in [4.78, 5) is 0. The molecular weight excluding hydrogens is 211 g/mol. The topological polar surface area (TPSA) is 38.7 Å². The highest BCUT2D eigenvalue weighted by Crippen LogP contribution is 2.34. The summed E-state index contributed by atoms with van der Waals surface area (Å²) < 4.78 is 24.1. The lowest BCUT2D eigenvalue weighted by Crippen LogP contribution is -2.36. The van der Waals surface area contributed by atoms with Gasteiger partial charge < -0.3 is 14.6 Å². The maximum absolute atomic E-state index is 14.0. The smallest absolute Gasteiger partial charge is 0.171 e. The lowest BCUT2D eigenvalue weighted by Gasteiger charge is -2.32. The zero-order valence-corrected chi connectivity index (χ0v) is 9.20. The molecule has 1 aliphatic rings. The molecule has 0 bridgehead atoms. The van der Waals surface area contributed by atoms with E-state index < -0.39 is 11.4 Å². The van der Waals surface area contributed by atoms with Gasteiger partial charge in [-0.1, -0.05) is 12.1 Å². The molecule has 0 amide bonds. The number of hydrogen-bond acceptors (Lipinski definition) is 3. The number of rotatable bonds is 2. The first-order valence-electron chi connectivity index (χ1n) is 5.30. The molecule has 0 aliphatic carbocycles. The van der Waals surface area contributed by atoms with Crippen molar-refractivity contribution in [3.05, 3.63) is 29.6 Å². The first-order chi connectivity index (χ1) is 7.67. The van der Waals surface area contributed by atoms with Gasteiger partial charge in [0.25, 0.3) is 0 Å². The fraction of sp³-hybridized carbons (Fsp3) is 0.500. The van der Waals surface area contributed by atoms with E-state index in [1.54, 1.807) is 12.1 Å². The van der Waals surface area contributed by atoms with Crippen molar-refractivity contribution in [1.82, 2.24) is 0 Å². The van der Waals surface area contributed by atoms with Gasteiger partial charge >= 0.3 is 0 Å². The second kappa shape index (κ2) is 4.39. The molecule has 0 spiro atoms. The van der Waals surface area contributed by atoms with Crippen LogP contribution in [0.5, 0.6) is 5.75 Å². The van der Waals surface area contributed by atoms with Crippen molar-refractivity contribution in [3.8, 4) is 5.75 Å². The highest BCUT2D eigenvalue weighted by Gasteiger charge is 2.35. The SMILES string of the molecule is COc1cccc(C2(O)CCCOC2)c1F. The van der Waals surface area contributed by atoms with Crippen LogP contribution in [0, 0.1) is 5.82 Å². The van der Waals surface area contributed by atoms with Crippen molar-refractivity contribution in [1.29, 1.82) is 0 Å². The molecule has 1 aromatic carbocycles. The number of aliphatic hydroxyl groups is 1. The van der Waals surface area contributed by atoms with Crippen LogP contribution < -0.4 is 4.74 Å². The third kappa shape index (κ3) is 1.90. The van der Waals surface area contributed by atoms with Crippen LogP contribution in [0.3, 0.4) is 0 Å². The largest absolute Gasteiger partial charge is 0.494 e. The minimum absolute atomic E-state index is 0.136. The average Bonchev–Trinajstić information content (AvgIpc) is 2.30. The molecule has 1 N–H and O–H groups in total. The third-order valence-electron chi connectivity index (χ3n) is 2.90. The summed E-state index contributed by atoms with van der Waals surface area (Å²) in [7, 11) is 1.41. The second-order valence-electron chi connectivity index (χ2n) is 4.01. The molecule has 16 heavy (non-hydrogen) atoms. The van der Waals surface area contributed by atoms with Gasteiger partial charge in [0.15, 0.2) is 11.6 Å². The predicted molar refractivity (Wildman–Crippen MR) is 56.9 cm³/mol. The molecule has 1 heterocycles. The highest BCUT2D eigenvalue weighted by molar-refractivity contribution is 5.35. The molecule has 88 valence electrons. The molecule has 1 fully saturated rings. The number of benzene rings is 1. The van der Waals surface area contributed by atoms with Crippen LogP contribution in [0.15, 0.2) is 18.2 Å². The van der Waals surface area contributed by atoms with Crippen LogP contribution in [0.1, 0.15) is 18.4 Å². The highest BCUT2D eigenvalue weighted by atomic mass is 19.1. The minimum atomic E-state index is -1.23. The zero-order valence-electron chi connectivity index (χ0n) is 9.20. The lowest BCUT2D eigenvalue weighted by atomic mass is 9.88. The van der Waals surface area contributed by atoms with E-state index in [4.69, 9.17) is 9.47 Å². The van der Waals surface area contributed by atoms with Gasteiger partial charge in [-0.25, -0.2) is 4.39 Å². The molecule has 1 atom stereocenters. The Balaban J connectivity index is 2.38. The Kier molecular flexibility index (Phi) is 3.12. The quantitative estimate of drug-likeness (QED) is 0.836. The van der Waals surface area contributed by atoms with Crippen LogP contribution in [-0.2, 0) is 10.3 Å². The maximum atomic E-state index is 14.0. The van der Waals surface area contributed by atoms with Gasteiger partial charge in [-0.05, 0) is 18.9 Å². The Morgan fingerprint density at radius 3 is 2.94 bits per heavy atom. The summed E-state index contributed by atoms with van der Waals surface area (Å²) in [6.07, 6.45) is 1.24. The predicted octanol–water partition coefficient (Wildman–Crippen LogP) is 1.83. The molecule has 0 aromatic heterocycles. The first-order valence-corrected chi connectivity index (χ1v) is 5.30. The van der Waals surface area contributed by atoms with Gasteiger partial charge in [-0.3, -0.25) is 0 Å². The van der Waals surface area contributed by atoms with Gasteiger partial charge in [0.2, 0.25) is 0 Å². The van der Waals surface area contributed by atoms with E-state index in [2.05, 4.69) is 0 Å². The van der Waals surface area contributed by atoms with Crippen LogP contribution in [0.2, 0.25) is 0 Å². The average molecular weight is 226 g/mol. The number of methoxy groups -OCH3 is 1.